The lowest BCUT2D eigenvalue weighted by Crippen LogP contribution is -2.22. The SMILES string of the molecule is CC(=O)C1=CCC(=CC(=O)OC(C)(C)C)c2ccccc21. The molecule has 2 rings (SSSR count). The van der Waals surface area contributed by atoms with Crippen LogP contribution in [0, 0.1) is 0 Å². The van der Waals surface area contributed by atoms with Crippen LogP contribution in [0.1, 0.15) is 45.2 Å². The Labute approximate surface area is 125 Å². The molecule has 1 aliphatic rings. The number of carbonyl (C=O) groups excluding carboxylic acids is 2. The fraction of sp³-hybridized carbons (Fsp3) is 0.333. The first-order valence-electron chi connectivity index (χ1n) is 7.02. The number of fused-ring (bicyclic) bond motifs is 1. The van der Waals surface area contributed by atoms with Crippen LogP contribution >= 0.6 is 0 Å². The summed E-state index contributed by atoms with van der Waals surface area (Å²) in [5.74, 6) is -0.314. The molecule has 0 aromatic heterocycles. The Bertz CT molecular complexity index is 643. The predicted molar refractivity (Wildman–Crippen MR) is 83.5 cm³/mol. The van der Waals surface area contributed by atoms with E-state index in [2.05, 4.69) is 0 Å². The minimum Gasteiger partial charge on any atom is -0.457 e. The molecular weight excluding hydrogens is 264 g/mol. The smallest absolute Gasteiger partial charge is 0.331 e. The number of benzene rings is 1. The summed E-state index contributed by atoms with van der Waals surface area (Å²) in [5, 5.41) is 0. The highest BCUT2D eigenvalue weighted by molar-refractivity contribution is 6.22. The number of Topliss-reactive ketones (excluding diaryl/α,β-unsaturated/α-hetero) is 1. The second kappa shape index (κ2) is 5.68. The van der Waals surface area contributed by atoms with Gasteiger partial charge in [-0.2, -0.15) is 0 Å². The summed E-state index contributed by atoms with van der Waals surface area (Å²) < 4.78 is 5.33. The highest BCUT2D eigenvalue weighted by atomic mass is 16.6. The third-order valence-electron chi connectivity index (χ3n) is 3.17. The van der Waals surface area contributed by atoms with Gasteiger partial charge >= 0.3 is 5.97 Å². The maximum absolute atomic E-state index is 12.0. The van der Waals surface area contributed by atoms with E-state index in [0.717, 1.165) is 16.7 Å². The van der Waals surface area contributed by atoms with Crippen LogP contribution in [0.25, 0.3) is 11.1 Å². The number of allylic oxidation sites excluding steroid dienone is 3. The second-order valence-corrected chi connectivity index (χ2v) is 6.13. The van der Waals surface area contributed by atoms with Crippen LogP contribution in [-0.2, 0) is 14.3 Å². The molecule has 0 N–H and O–H groups in total. The molecule has 0 heterocycles. The van der Waals surface area contributed by atoms with E-state index in [-0.39, 0.29) is 11.8 Å². The molecule has 0 amide bonds. The highest BCUT2D eigenvalue weighted by Crippen LogP contribution is 2.34. The van der Waals surface area contributed by atoms with Gasteiger partial charge in [-0.05, 0) is 50.8 Å². The van der Waals surface area contributed by atoms with Crippen LogP contribution in [0.4, 0.5) is 0 Å². The van der Waals surface area contributed by atoms with Crippen LogP contribution in [0.2, 0.25) is 0 Å². The van der Waals surface area contributed by atoms with Crippen LogP contribution in [0.3, 0.4) is 0 Å². The van der Waals surface area contributed by atoms with Gasteiger partial charge < -0.3 is 4.74 Å². The van der Waals surface area contributed by atoms with Crippen molar-refractivity contribution in [1.82, 2.24) is 0 Å². The van der Waals surface area contributed by atoms with Crippen molar-refractivity contribution in [2.45, 2.75) is 39.7 Å². The Balaban J connectivity index is 2.37. The van der Waals surface area contributed by atoms with Crippen LogP contribution < -0.4 is 0 Å². The zero-order chi connectivity index (χ0) is 15.6. The number of carbonyl (C=O) groups is 2. The molecule has 0 unspecified atom stereocenters. The molecule has 110 valence electrons. The van der Waals surface area contributed by atoms with Crippen molar-refractivity contribution in [3.05, 3.63) is 47.5 Å². The van der Waals surface area contributed by atoms with Gasteiger partial charge in [-0.3, -0.25) is 4.79 Å². The maximum Gasteiger partial charge on any atom is 0.331 e. The molecule has 1 aliphatic carbocycles. The van der Waals surface area contributed by atoms with E-state index < -0.39 is 5.60 Å². The molecule has 21 heavy (non-hydrogen) atoms. The quantitative estimate of drug-likeness (QED) is 0.613. The lowest BCUT2D eigenvalue weighted by molar-refractivity contribution is -0.148. The third-order valence-corrected chi connectivity index (χ3v) is 3.17. The minimum atomic E-state index is -0.511. The number of ketones is 1. The number of hydrogen-bond donors (Lipinski definition) is 0. The molecule has 0 aliphatic heterocycles. The molecule has 0 radical (unpaired) electrons. The molecular formula is C18H20O3. The number of rotatable bonds is 2. The Hall–Kier alpha value is -2.16. The largest absolute Gasteiger partial charge is 0.457 e. The van der Waals surface area contributed by atoms with Crippen molar-refractivity contribution in [2.24, 2.45) is 0 Å². The van der Waals surface area contributed by atoms with Gasteiger partial charge in [0, 0.05) is 11.6 Å². The van der Waals surface area contributed by atoms with Crippen LogP contribution in [0.15, 0.2) is 36.4 Å². The maximum atomic E-state index is 12.0. The van der Waals surface area contributed by atoms with Crippen molar-refractivity contribution in [3.63, 3.8) is 0 Å². The number of hydrogen-bond acceptors (Lipinski definition) is 3. The normalized spacial score (nSPS) is 16.2. The lowest BCUT2D eigenvalue weighted by Gasteiger charge is -2.21. The van der Waals surface area contributed by atoms with Gasteiger partial charge in [0.25, 0.3) is 0 Å². The molecule has 1 aromatic rings. The molecule has 1 aromatic carbocycles. The summed E-state index contributed by atoms with van der Waals surface area (Å²) >= 11 is 0. The molecule has 0 saturated heterocycles. The monoisotopic (exact) mass is 284 g/mol. The highest BCUT2D eigenvalue weighted by Gasteiger charge is 2.21. The van der Waals surface area contributed by atoms with E-state index in [1.54, 1.807) is 6.92 Å². The standard InChI is InChI=1S/C18H20O3/c1-12(19)14-10-9-13(11-17(20)21-18(2,3)4)15-7-5-6-8-16(14)15/h5-8,10-11H,9H2,1-4H3. The summed E-state index contributed by atoms with van der Waals surface area (Å²) in [4.78, 5) is 23.7. The Morgan fingerprint density at radius 1 is 1.14 bits per heavy atom. The van der Waals surface area contributed by atoms with E-state index in [0.29, 0.717) is 12.0 Å². The van der Waals surface area contributed by atoms with E-state index in [1.807, 2.05) is 51.1 Å². The van der Waals surface area contributed by atoms with Gasteiger partial charge in [0.05, 0.1) is 0 Å². The van der Waals surface area contributed by atoms with Gasteiger partial charge in [-0.1, -0.05) is 30.3 Å². The van der Waals surface area contributed by atoms with Crippen molar-refractivity contribution in [1.29, 1.82) is 0 Å². The van der Waals surface area contributed by atoms with E-state index >= 15 is 0 Å². The summed E-state index contributed by atoms with van der Waals surface area (Å²) in [5.41, 5.74) is 2.89. The molecule has 0 fully saturated rings. The van der Waals surface area contributed by atoms with E-state index in [4.69, 9.17) is 4.74 Å². The summed E-state index contributed by atoms with van der Waals surface area (Å²) in [7, 11) is 0. The van der Waals surface area contributed by atoms with Gasteiger partial charge in [-0.15, -0.1) is 0 Å². The van der Waals surface area contributed by atoms with E-state index in [9.17, 15) is 9.59 Å². The first-order valence-corrected chi connectivity index (χ1v) is 7.02. The molecule has 0 bridgehead atoms. The topological polar surface area (TPSA) is 43.4 Å². The van der Waals surface area contributed by atoms with Crippen molar-refractivity contribution >= 4 is 22.9 Å². The fourth-order valence-electron chi connectivity index (χ4n) is 2.37. The number of ether oxygens (including phenoxy) is 1. The first-order chi connectivity index (χ1) is 9.78. The fourth-order valence-corrected chi connectivity index (χ4v) is 2.37. The first kappa shape index (κ1) is 15.2. The van der Waals surface area contributed by atoms with Gasteiger partial charge in [-0.25, -0.2) is 4.79 Å². The van der Waals surface area contributed by atoms with Crippen molar-refractivity contribution in [2.75, 3.05) is 0 Å². The molecule has 0 spiro atoms. The Kier molecular flexibility index (Phi) is 4.12. The second-order valence-electron chi connectivity index (χ2n) is 6.13. The molecule has 3 heteroatoms. The van der Waals surface area contributed by atoms with E-state index in [1.165, 1.54) is 6.08 Å². The average Bonchev–Trinajstić information content (AvgIpc) is 2.36. The summed E-state index contributed by atoms with van der Waals surface area (Å²) in [6.07, 6.45) is 3.96. The van der Waals surface area contributed by atoms with Gasteiger partial charge in [0.15, 0.2) is 5.78 Å². The molecule has 0 atom stereocenters. The molecule has 0 saturated carbocycles. The summed E-state index contributed by atoms with van der Waals surface area (Å²) in [6, 6.07) is 7.64. The van der Waals surface area contributed by atoms with Gasteiger partial charge in [0.2, 0.25) is 0 Å². The predicted octanol–water partition coefficient (Wildman–Crippen LogP) is 3.79. The Morgan fingerprint density at radius 2 is 1.76 bits per heavy atom. The van der Waals surface area contributed by atoms with Crippen LogP contribution in [-0.4, -0.2) is 17.4 Å². The summed E-state index contributed by atoms with van der Waals surface area (Å²) in [6.45, 7) is 7.08. The van der Waals surface area contributed by atoms with Crippen LogP contribution in [0.5, 0.6) is 0 Å². The lowest BCUT2D eigenvalue weighted by atomic mass is 9.85. The Morgan fingerprint density at radius 3 is 2.33 bits per heavy atom. The number of esters is 1. The average molecular weight is 284 g/mol. The molecule has 3 nitrogen and oxygen atoms in total. The van der Waals surface area contributed by atoms with Gasteiger partial charge in [0.1, 0.15) is 5.60 Å². The van der Waals surface area contributed by atoms with Crippen molar-refractivity contribution < 1.29 is 14.3 Å². The van der Waals surface area contributed by atoms with Crippen molar-refractivity contribution in [3.8, 4) is 0 Å². The third kappa shape index (κ3) is 3.69. The zero-order valence-electron chi connectivity index (χ0n) is 12.9. The minimum absolute atomic E-state index is 0.0405. The zero-order valence-corrected chi connectivity index (χ0v) is 12.9.